The molecule has 2 aliphatic carbocycles. The highest BCUT2D eigenvalue weighted by Gasteiger charge is 2.57. The van der Waals surface area contributed by atoms with Crippen molar-refractivity contribution in [3.8, 4) is 5.75 Å². The molecule has 2 aromatic rings. The van der Waals surface area contributed by atoms with Gasteiger partial charge in [0.2, 0.25) is 5.79 Å². The van der Waals surface area contributed by atoms with Gasteiger partial charge in [0.05, 0.1) is 10.0 Å². The van der Waals surface area contributed by atoms with Gasteiger partial charge < -0.3 is 23.7 Å². The first-order valence-corrected chi connectivity index (χ1v) is 9.60. The lowest BCUT2D eigenvalue weighted by Gasteiger charge is -2.51. The second-order valence-corrected chi connectivity index (χ2v) is 7.59. The lowest BCUT2D eigenvalue weighted by atomic mass is 9.68. The van der Waals surface area contributed by atoms with Gasteiger partial charge in [-0.05, 0) is 32.6 Å². The van der Waals surface area contributed by atoms with Gasteiger partial charge in [-0.1, -0.05) is 30.3 Å². The number of benzene rings is 2. The first-order chi connectivity index (χ1) is 13.1. The lowest BCUT2D eigenvalue weighted by molar-refractivity contribution is -0.246. The van der Waals surface area contributed by atoms with Gasteiger partial charge in [-0.2, -0.15) is 0 Å². The third-order valence-electron chi connectivity index (χ3n) is 5.72. The van der Waals surface area contributed by atoms with Crippen molar-refractivity contribution >= 4 is 15.9 Å². The summed E-state index contributed by atoms with van der Waals surface area (Å²) in [6.07, 6.45) is 1.29. The van der Waals surface area contributed by atoms with Crippen LogP contribution in [0.25, 0.3) is 0 Å². The van der Waals surface area contributed by atoms with Crippen LogP contribution in [0.2, 0.25) is 0 Å². The van der Waals surface area contributed by atoms with Gasteiger partial charge in [0.15, 0.2) is 5.79 Å². The summed E-state index contributed by atoms with van der Waals surface area (Å²) in [6.45, 7) is 0.466. The number of rotatable bonds is 7. The van der Waals surface area contributed by atoms with Crippen molar-refractivity contribution in [3.05, 3.63) is 62.6 Å². The maximum Gasteiger partial charge on any atom is 0.202 e. The van der Waals surface area contributed by atoms with Gasteiger partial charge in [0.25, 0.3) is 0 Å². The molecule has 0 fully saturated rings. The Morgan fingerprint density at radius 2 is 1.37 bits per heavy atom. The topological polar surface area (TPSA) is 46.2 Å². The summed E-state index contributed by atoms with van der Waals surface area (Å²) in [5.74, 6) is -0.765. The summed E-state index contributed by atoms with van der Waals surface area (Å²) in [4.78, 5) is 0. The second kappa shape index (κ2) is 6.87. The maximum atomic E-state index is 6.26. The molecule has 0 aromatic heterocycles. The third-order valence-corrected chi connectivity index (χ3v) is 6.56. The van der Waals surface area contributed by atoms with Crippen LogP contribution in [0.5, 0.6) is 5.75 Å². The fourth-order valence-electron chi connectivity index (χ4n) is 4.16. The largest absolute Gasteiger partial charge is 0.487 e. The van der Waals surface area contributed by atoms with Gasteiger partial charge in [0, 0.05) is 46.8 Å². The van der Waals surface area contributed by atoms with E-state index in [1.54, 1.807) is 28.4 Å². The molecular weight excluding hydrogens is 412 g/mol. The van der Waals surface area contributed by atoms with Crippen LogP contribution < -0.4 is 4.74 Å². The molecule has 0 N–H and O–H groups in total. The number of ether oxygens (including phenoxy) is 5. The molecule has 0 amide bonds. The Balaban J connectivity index is 1.80. The predicted octanol–water partition coefficient (Wildman–Crippen LogP) is 4.03. The number of methoxy groups -OCH3 is 4. The molecule has 2 aliphatic rings. The van der Waals surface area contributed by atoms with E-state index in [4.69, 9.17) is 23.7 Å². The van der Waals surface area contributed by atoms with Gasteiger partial charge in [-0.3, -0.25) is 0 Å². The molecule has 0 radical (unpaired) electrons. The smallest absolute Gasteiger partial charge is 0.202 e. The fourth-order valence-corrected chi connectivity index (χ4v) is 4.81. The van der Waals surface area contributed by atoms with Crippen molar-refractivity contribution in [2.24, 2.45) is 0 Å². The van der Waals surface area contributed by atoms with Gasteiger partial charge in [-0.15, -0.1) is 0 Å². The molecule has 2 aromatic carbocycles. The molecule has 4 rings (SSSR count). The van der Waals surface area contributed by atoms with Crippen molar-refractivity contribution in [2.45, 2.75) is 31.0 Å². The van der Waals surface area contributed by atoms with E-state index in [-0.39, 0.29) is 0 Å². The Hall–Kier alpha value is -1.44. The summed E-state index contributed by atoms with van der Waals surface area (Å²) in [5.41, 5.74) is 5.35. The lowest BCUT2D eigenvalue weighted by Crippen LogP contribution is -2.51. The minimum absolute atomic E-state index is 0.466. The zero-order chi connectivity index (χ0) is 19.2. The van der Waals surface area contributed by atoms with E-state index in [1.807, 2.05) is 30.3 Å². The molecule has 0 bridgehead atoms. The van der Waals surface area contributed by atoms with Crippen molar-refractivity contribution in [3.63, 3.8) is 0 Å². The summed E-state index contributed by atoms with van der Waals surface area (Å²) in [5, 5.41) is 0. The summed E-state index contributed by atoms with van der Waals surface area (Å²) >= 11 is 3.75. The van der Waals surface area contributed by atoms with Crippen LogP contribution in [-0.2, 0) is 50.0 Å². The Bertz CT molecular complexity index is 857. The molecule has 0 heterocycles. The van der Waals surface area contributed by atoms with E-state index in [1.165, 1.54) is 0 Å². The van der Waals surface area contributed by atoms with Crippen molar-refractivity contribution in [1.29, 1.82) is 0 Å². The monoisotopic (exact) mass is 434 g/mol. The first kappa shape index (κ1) is 18.9. The molecule has 0 saturated carbocycles. The van der Waals surface area contributed by atoms with E-state index < -0.39 is 11.6 Å². The first-order valence-electron chi connectivity index (χ1n) is 8.81. The Labute approximate surface area is 167 Å². The molecule has 0 atom stereocenters. The Kier molecular flexibility index (Phi) is 4.81. The highest BCUT2D eigenvalue weighted by atomic mass is 79.9. The van der Waals surface area contributed by atoms with Crippen molar-refractivity contribution < 1.29 is 23.7 Å². The van der Waals surface area contributed by atoms with Crippen LogP contribution in [-0.4, -0.2) is 28.4 Å². The Morgan fingerprint density at radius 3 is 1.96 bits per heavy atom. The molecule has 6 heteroatoms. The zero-order valence-corrected chi connectivity index (χ0v) is 17.5. The van der Waals surface area contributed by atoms with Crippen LogP contribution in [0.4, 0.5) is 0 Å². The van der Waals surface area contributed by atoms with Gasteiger partial charge in [-0.25, -0.2) is 0 Å². The minimum Gasteiger partial charge on any atom is -0.487 e. The van der Waals surface area contributed by atoms with Crippen LogP contribution >= 0.6 is 15.9 Å². The van der Waals surface area contributed by atoms with Crippen LogP contribution in [0.1, 0.15) is 27.8 Å². The zero-order valence-electron chi connectivity index (χ0n) is 15.9. The summed E-state index contributed by atoms with van der Waals surface area (Å²) in [7, 11) is 6.65. The average Bonchev–Trinajstić information content (AvgIpc) is 2.68. The van der Waals surface area contributed by atoms with Gasteiger partial charge >= 0.3 is 0 Å². The van der Waals surface area contributed by atoms with E-state index in [9.17, 15) is 0 Å². The number of halogens is 1. The van der Waals surface area contributed by atoms with Crippen LogP contribution in [0, 0.1) is 0 Å². The van der Waals surface area contributed by atoms with E-state index >= 15 is 0 Å². The quantitative estimate of drug-likeness (QED) is 0.615. The highest BCUT2D eigenvalue weighted by molar-refractivity contribution is 9.10. The summed E-state index contributed by atoms with van der Waals surface area (Å²) < 4.78 is 30.1. The fraction of sp³-hybridized carbons (Fsp3) is 0.429. The molecule has 5 nitrogen and oxygen atoms in total. The SMILES string of the molecule is COC1(OC)Cc2c(Br)c(OCc3ccccc3)c3c(c21)CC3(OC)OC. The standard InChI is InChI=1S/C21H23BrO5/c1-23-20(24-2)11-15-16(20)14-10-21(25-3,26-4)17(14)19(18(15)22)27-12-13-8-6-5-7-9-13/h5-9H,10-12H2,1-4H3. The molecule has 144 valence electrons. The van der Waals surface area contributed by atoms with Crippen LogP contribution in [0.3, 0.4) is 0 Å². The average molecular weight is 435 g/mol. The molecular formula is C21H23BrO5. The van der Waals surface area contributed by atoms with E-state index in [0.29, 0.717) is 19.4 Å². The van der Waals surface area contributed by atoms with Crippen molar-refractivity contribution in [2.75, 3.05) is 28.4 Å². The molecule has 27 heavy (non-hydrogen) atoms. The van der Waals surface area contributed by atoms with E-state index in [2.05, 4.69) is 15.9 Å². The predicted molar refractivity (Wildman–Crippen MR) is 104 cm³/mol. The van der Waals surface area contributed by atoms with E-state index in [0.717, 1.165) is 38.0 Å². The molecule has 0 spiro atoms. The molecule has 0 aliphatic heterocycles. The molecule has 0 saturated heterocycles. The third kappa shape index (κ3) is 2.58. The summed E-state index contributed by atoms with van der Waals surface area (Å²) in [6, 6.07) is 10.1. The number of hydrogen-bond donors (Lipinski definition) is 0. The van der Waals surface area contributed by atoms with Crippen molar-refractivity contribution in [1.82, 2.24) is 0 Å². The normalized spacial score (nSPS) is 18.1. The maximum absolute atomic E-state index is 6.26. The van der Waals surface area contributed by atoms with Crippen LogP contribution in [0.15, 0.2) is 34.8 Å². The second-order valence-electron chi connectivity index (χ2n) is 6.80. The van der Waals surface area contributed by atoms with Gasteiger partial charge in [0.1, 0.15) is 12.4 Å². The Morgan fingerprint density at radius 1 is 0.815 bits per heavy atom. The highest BCUT2D eigenvalue weighted by Crippen LogP contribution is 2.60. The minimum atomic E-state index is -0.818. The number of fused-ring (bicyclic) bond motifs is 3. The molecule has 0 unspecified atom stereocenters. The number of hydrogen-bond acceptors (Lipinski definition) is 5.